The third-order valence-electron chi connectivity index (χ3n) is 6.07. The molecule has 0 saturated carbocycles. The Hall–Kier alpha value is -4.20. The van der Waals surface area contributed by atoms with Crippen LogP contribution in [0.2, 0.25) is 0 Å². The van der Waals surface area contributed by atoms with Crippen LogP contribution in [0.4, 0.5) is 0 Å². The number of rotatable bonds is 17. The van der Waals surface area contributed by atoms with E-state index < -0.39 is 78.6 Å². The highest BCUT2D eigenvalue weighted by molar-refractivity contribution is 5.94. The van der Waals surface area contributed by atoms with E-state index in [0.29, 0.717) is 12.0 Å². The Balaban J connectivity index is 3.17. The highest BCUT2D eigenvalue weighted by Gasteiger charge is 2.32. The van der Waals surface area contributed by atoms with Crippen molar-refractivity contribution >= 4 is 35.6 Å². The second-order valence-corrected chi connectivity index (χ2v) is 9.17. The first-order chi connectivity index (χ1) is 18.2. The van der Waals surface area contributed by atoms with E-state index in [-0.39, 0.29) is 25.0 Å². The van der Waals surface area contributed by atoms with E-state index in [1.165, 1.54) is 24.3 Å². The van der Waals surface area contributed by atoms with Crippen LogP contribution in [0.5, 0.6) is 5.75 Å². The van der Waals surface area contributed by atoms with Gasteiger partial charge in [-0.15, -0.1) is 0 Å². The Morgan fingerprint density at radius 1 is 0.795 bits per heavy atom. The average Bonchev–Trinajstić information content (AvgIpc) is 2.87. The summed E-state index contributed by atoms with van der Waals surface area (Å²) < 4.78 is 0. The number of nitrogens with one attached hydrogen (secondary N) is 3. The molecule has 1 rings (SSSR count). The molecular weight excluding hydrogens is 516 g/mol. The van der Waals surface area contributed by atoms with E-state index in [4.69, 9.17) is 15.9 Å². The first-order valence-electron chi connectivity index (χ1n) is 12.4. The third kappa shape index (κ3) is 11.8. The van der Waals surface area contributed by atoms with Crippen molar-refractivity contribution in [2.75, 3.05) is 0 Å². The fourth-order valence-electron chi connectivity index (χ4n) is 3.51. The number of nitrogens with two attached hydrogens (primary N) is 1. The van der Waals surface area contributed by atoms with Crippen LogP contribution >= 0.6 is 0 Å². The lowest BCUT2D eigenvalue weighted by Gasteiger charge is -2.28. The second-order valence-electron chi connectivity index (χ2n) is 9.17. The zero-order chi connectivity index (χ0) is 29.7. The molecule has 0 aromatic heterocycles. The molecule has 1 aromatic rings. The van der Waals surface area contributed by atoms with Crippen molar-refractivity contribution in [1.29, 1.82) is 0 Å². The molecule has 9 N–H and O–H groups in total. The fraction of sp³-hybridized carbons (Fsp3) is 0.520. The molecule has 39 heavy (non-hydrogen) atoms. The number of carboxylic acids is 3. The van der Waals surface area contributed by atoms with Crippen LogP contribution in [0.3, 0.4) is 0 Å². The van der Waals surface area contributed by atoms with Gasteiger partial charge in [-0.3, -0.25) is 24.0 Å². The zero-order valence-electron chi connectivity index (χ0n) is 21.8. The number of hydrogen-bond donors (Lipinski definition) is 8. The molecule has 0 fully saturated rings. The van der Waals surface area contributed by atoms with Gasteiger partial charge in [-0.2, -0.15) is 0 Å². The summed E-state index contributed by atoms with van der Waals surface area (Å²) in [6.07, 6.45) is -1.10. The van der Waals surface area contributed by atoms with E-state index in [0.717, 1.165) is 0 Å². The number of carboxylic acid groups (broad SMARTS) is 3. The van der Waals surface area contributed by atoms with E-state index >= 15 is 0 Å². The summed E-state index contributed by atoms with van der Waals surface area (Å²) >= 11 is 0. The highest BCUT2D eigenvalue weighted by atomic mass is 16.4. The van der Waals surface area contributed by atoms with Gasteiger partial charge < -0.3 is 42.1 Å². The van der Waals surface area contributed by atoms with Gasteiger partial charge in [-0.1, -0.05) is 32.4 Å². The first-order valence-corrected chi connectivity index (χ1v) is 12.4. The molecule has 0 aliphatic rings. The van der Waals surface area contributed by atoms with Crippen LogP contribution in [0, 0.1) is 5.92 Å². The molecule has 216 valence electrons. The molecule has 5 unspecified atom stereocenters. The molecule has 0 aliphatic heterocycles. The predicted molar refractivity (Wildman–Crippen MR) is 136 cm³/mol. The number of aliphatic carboxylic acids is 3. The molecule has 5 atom stereocenters. The number of benzene rings is 1. The summed E-state index contributed by atoms with van der Waals surface area (Å²) in [6.45, 7) is 3.44. The maximum Gasteiger partial charge on any atom is 0.326 e. The number of phenolic OH excluding ortho intramolecular Hbond substituents is 1. The highest BCUT2D eigenvalue weighted by Crippen LogP contribution is 2.14. The van der Waals surface area contributed by atoms with Gasteiger partial charge in [-0.05, 0) is 36.5 Å². The van der Waals surface area contributed by atoms with Crippen molar-refractivity contribution < 1.29 is 49.2 Å². The monoisotopic (exact) mass is 552 g/mol. The van der Waals surface area contributed by atoms with Gasteiger partial charge in [-0.25, -0.2) is 4.79 Å². The molecule has 0 radical (unpaired) electrons. The normalized spacial score (nSPS) is 14.6. The third-order valence-corrected chi connectivity index (χ3v) is 6.07. The molecule has 0 bridgehead atoms. The van der Waals surface area contributed by atoms with Gasteiger partial charge in [0.15, 0.2) is 0 Å². The van der Waals surface area contributed by atoms with Crippen molar-refractivity contribution in [3.63, 3.8) is 0 Å². The molecule has 14 nitrogen and oxygen atoms in total. The summed E-state index contributed by atoms with van der Waals surface area (Å²) in [5.41, 5.74) is 6.27. The standard InChI is InChI=1S/C25H36N4O10/c1-3-13(2)21(29-22(35)16(26)8-10-19(31)32)24(37)28-18(12-14-4-6-15(30)7-5-14)23(36)27-17(25(38)39)9-11-20(33)34/h4-7,13,16-18,21,30H,3,8-12,26H2,1-2H3,(H,27,36)(H,28,37)(H,29,35)(H,31,32)(H,33,34)(H,38,39). The fourth-order valence-corrected chi connectivity index (χ4v) is 3.51. The SMILES string of the molecule is CCC(C)C(NC(=O)C(N)CCC(=O)O)C(=O)NC(Cc1ccc(O)cc1)C(=O)NC(CCC(=O)O)C(=O)O. The largest absolute Gasteiger partial charge is 0.508 e. The van der Waals surface area contributed by atoms with Gasteiger partial charge in [0.2, 0.25) is 17.7 Å². The number of phenols is 1. The van der Waals surface area contributed by atoms with Gasteiger partial charge in [0.1, 0.15) is 23.9 Å². The number of carbonyl (C=O) groups is 6. The molecule has 1 aromatic carbocycles. The van der Waals surface area contributed by atoms with Crippen LogP contribution in [-0.2, 0) is 35.2 Å². The van der Waals surface area contributed by atoms with E-state index in [1.54, 1.807) is 13.8 Å². The summed E-state index contributed by atoms with van der Waals surface area (Å²) in [5, 5.41) is 43.9. The maximum absolute atomic E-state index is 13.3. The molecule has 0 saturated heterocycles. The maximum atomic E-state index is 13.3. The quantitative estimate of drug-likeness (QED) is 0.123. The van der Waals surface area contributed by atoms with Crippen LogP contribution < -0.4 is 21.7 Å². The van der Waals surface area contributed by atoms with Gasteiger partial charge in [0.25, 0.3) is 0 Å². The van der Waals surface area contributed by atoms with Gasteiger partial charge in [0, 0.05) is 19.3 Å². The average molecular weight is 553 g/mol. The van der Waals surface area contributed by atoms with Gasteiger partial charge in [0.05, 0.1) is 6.04 Å². The van der Waals surface area contributed by atoms with Crippen molar-refractivity contribution in [2.24, 2.45) is 11.7 Å². The lowest BCUT2D eigenvalue weighted by Crippen LogP contribution is -2.59. The Kier molecular flexibility index (Phi) is 13.4. The van der Waals surface area contributed by atoms with E-state index in [9.17, 15) is 39.0 Å². The van der Waals surface area contributed by atoms with Gasteiger partial charge >= 0.3 is 17.9 Å². The number of carbonyl (C=O) groups excluding carboxylic acids is 3. The van der Waals surface area contributed by atoms with Crippen molar-refractivity contribution in [1.82, 2.24) is 16.0 Å². The molecule has 3 amide bonds. The topological polar surface area (TPSA) is 245 Å². The Morgan fingerprint density at radius 3 is 1.85 bits per heavy atom. The lowest BCUT2D eigenvalue weighted by atomic mass is 9.96. The second kappa shape index (κ2) is 15.9. The summed E-state index contributed by atoms with van der Waals surface area (Å²) in [6, 6.07) is 0.493. The molecule has 14 heteroatoms. The minimum Gasteiger partial charge on any atom is -0.508 e. The zero-order valence-corrected chi connectivity index (χ0v) is 21.8. The van der Waals surface area contributed by atoms with E-state index in [2.05, 4.69) is 16.0 Å². The molecule has 0 spiro atoms. The minimum absolute atomic E-state index is 0.0396. The van der Waals surface area contributed by atoms with Crippen molar-refractivity contribution in [3.8, 4) is 5.75 Å². The van der Waals surface area contributed by atoms with Crippen molar-refractivity contribution in [2.45, 2.75) is 76.5 Å². The smallest absolute Gasteiger partial charge is 0.326 e. The summed E-state index contributed by atoms with van der Waals surface area (Å²) in [7, 11) is 0. The van der Waals surface area contributed by atoms with Crippen molar-refractivity contribution in [3.05, 3.63) is 29.8 Å². The minimum atomic E-state index is -1.54. The first kappa shape index (κ1) is 32.8. The number of amides is 3. The van der Waals surface area contributed by atoms with Crippen LogP contribution in [0.15, 0.2) is 24.3 Å². The van der Waals surface area contributed by atoms with Crippen LogP contribution in [-0.4, -0.2) is 80.2 Å². The number of hydrogen-bond acceptors (Lipinski definition) is 8. The molecule has 0 aliphatic carbocycles. The number of aromatic hydroxyl groups is 1. The van der Waals surface area contributed by atoms with Crippen LogP contribution in [0.25, 0.3) is 0 Å². The molecule has 0 heterocycles. The summed E-state index contributed by atoms with van der Waals surface area (Å²) in [4.78, 5) is 72.2. The lowest BCUT2D eigenvalue weighted by molar-refractivity contribution is -0.143. The molecular formula is C25H36N4O10. The predicted octanol–water partition coefficient (Wildman–Crippen LogP) is -0.423. The summed E-state index contributed by atoms with van der Waals surface area (Å²) in [5.74, 6) is -6.74. The van der Waals surface area contributed by atoms with Crippen LogP contribution in [0.1, 0.15) is 51.5 Å². The Bertz CT molecular complexity index is 1030. The Labute approximate surface area is 225 Å². The van der Waals surface area contributed by atoms with E-state index in [1.807, 2.05) is 0 Å². The Morgan fingerprint density at radius 2 is 1.33 bits per heavy atom.